The van der Waals surface area contributed by atoms with Crippen molar-refractivity contribution in [3.8, 4) is 0 Å². The van der Waals surface area contributed by atoms with Crippen LogP contribution in [0.25, 0.3) is 0 Å². The molecular formula is C14H21FN2O16P2. The number of halogens is 1. The van der Waals surface area contributed by atoms with E-state index in [9.17, 15) is 58.4 Å². The molecule has 2 saturated heterocycles. The number of phosphoric ester groups is 2. The zero-order chi connectivity index (χ0) is 26.3. The number of aromatic nitrogens is 2. The van der Waals surface area contributed by atoms with Gasteiger partial charge in [-0.15, -0.1) is 0 Å². The lowest BCUT2D eigenvalue weighted by Gasteiger charge is -2.22. The van der Waals surface area contributed by atoms with E-state index >= 15 is 0 Å². The Labute approximate surface area is 192 Å². The van der Waals surface area contributed by atoms with Crippen molar-refractivity contribution in [2.24, 2.45) is 0 Å². The van der Waals surface area contributed by atoms with Crippen molar-refractivity contribution in [2.75, 3.05) is 6.67 Å². The number of hydrogen-bond acceptors (Lipinski definition) is 14. The van der Waals surface area contributed by atoms with Crippen molar-refractivity contribution in [3.05, 3.63) is 33.1 Å². The standard InChI is InChI=1S/C14H21FN2O16P2/c15-3-4(18)10-6(20)8(22)12(29-10)31-34(25,26)33-35(27,28)32-13-9(23)7(21)11(30-13)17-2-1-5(19)16-14(17)24/h1-2,4,6-13,18,20-23H,3H2,(H,25,26)(H,27,28)(H,16,19,24)/t4-,6-,7-,8-,9+,10+,11-,12-,13-/m1/s1. The first-order valence-electron chi connectivity index (χ1n) is 9.48. The van der Waals surface area contributed by atoms with Crippen LogP contribution in [0.1, 0.15) is 6.23 Å². The molecule has 2 fully saturated rings. The Hall–Kier alpha value is -1.41. The summed E-state index contributed by atoms with van der Waals surface area (Å²) in [6.07, 6.45) is -17.2. The van der Waals surface area contributed by atoms with Crippen LogP contribution in [0, 0.1) is 0 Å². The normalized spacial score (nSPS) is 37.6. The van der Waals surface area contributed by atoms with Crippen molar-refractivity contribution >= 4 is 15.6 Å². The molecule has 3 heterocycles. The summed E-state index contributed by atoms with van der Waals surface area (Å²) in [5.41, 5.74) is -1.88. The number of alkyl halides is 1. The second-order valence-corrected chi connectivity index (χ2v) is 10.2. The highest BCUT2D eigenvalue weighted by Crippen LogP contribution is 2.62. The van der Waals surface area contributed by atoms with Gasteiger partial charge in [-0.3, -0.25) is 23.4 Å². The lowest BCUT2D eigenvalue weighted by atomic mass is 10.1. The number of nitrogens with zero attached hydrogens (tertiary/aromatic N) is 1. The van der Waals surface area contributed by atoms with E-state index in [4.69, 9.17) is 9.47 Å². The third-order valence-corrected chi connectivity index (χ3v) is 7.39. The molecule has 11 atom stereocenters. The predicted molar refractivity (Wildman–Crippen MR) is 103 cm³/mol. The second kappa shape index (κ2) is 10.5. The van der Waals surface area contributed by atoms with Gasteiger partial charge in [0.05, 0.1) is 0 Å². The molecule has 0 bridgehead atoms. The number of aromatic amines is 1. The molecule has 8 N–H and O–H groups in total. The lowest BCUT2D eigenvalue weighted by molar-refractivity contribution is -0.145. The van der Waals surface area contributed by atoms with Crippen LogP contribution in [-0.4, -0.2) is 101 Å². The number of phosphoric acid groups is 2. The minimum Gasteiger partial charge on any atom is -0.388 e. The SMILES string of the molecule is O=c1ccn([C@@H]2O[C@H](OP(=O)(O)OP(=O)(O)O[C@H]3O[C@@H]([C@H](O)CF)[C@H](O)[C@H]3O)[C@@H](O)[C@H]2O)c(=O)[nH]1. The molecular weight excluding hydrogens is 533 g/mol. The van der Waals surface area contributed by atoms with Crippen LogP contribution in [0.3, 0.4) is 0 Å². The van der Waals surface area contributed by atoms with Crippen LogP contribution < -0.4 is 11.2 Å². The minimum absolute atomic E-state index is 0.605. The smallest absolute Gasteiger partial charge is 0.388 e. The average Bonchev–Trinajstić information content (AvgIpc) is 3.17. The van der Waals surface area contributed by atoms with Crippen LogP contribution in [0.5, 0.6) is 0 Å². The quantitative estimate of drug-likeness (QED) is 0.136. The highest BCUT2D eigenvalue weighted by molar-refractivity contribution is 7.61. The number of aliphatic hydroxyl groups is 5. The van der Waals surface area contributed by atoms with Crippen LogP contribution in [-0.2, 0) is 32.0 Å². The Kier molecular flexibility index (Phi) is 8.47. The molecule has 0 aromatic carbocycles. The molecule has 21 heteroatoms. The predicted octanol–water partition coefficient (Wildman–Crippen LogP) is -3.86. The van der Waals surface area contributed by atoms with E-state index in [-0.39, 0.29) is 0 Å². The molecule has 1 aromatic heterocycles. The first-order valence-corrected chi connectivity index (χ1v) is 12.5. The number of rotatable bonds is 9. The van der Waals surface area contributed by atoms with Gasteiger partial charge in [-0.2, -0.15) is 4.31 Å². The summed E-state index contributed by atoms with van der Waals surface area (Å²) in [6, 6.07) is 0.866. The fourth-order valence-electron chi connectivity index (χ4n) is 3.17. The molecule has 1 aromatic rings. The van der Waals surface area contributed by atoms with Crippen molar-refractivity contribution < 1.29 is 71.7 Å². The summed E-state index contributed by atoms with van der Waals surface area (Å²) in [5.74, 6) is 0. The number of H-pyrrole nitrogens is 1. The summed E-state index contributed by atoms with van der Waals surface area (Å²) in [5, 5.41) is 49.0. The first kappa shape index (κ1) is 28.2. The zero-order valence-corrected chi connectivity index (χ0v) is 18.9. The molecule has 2 unspecified atom stereocenters. The number of nitrogens with one attached hydrogen (secondary N) is 1. The Bertz CT molecular complexity index is 1110. The van der Waals surface area contributed by atoms with E-state index in [0.29, 0.717) is 4.57 Å². The molecule has 18 nitrogen and oxygen atoms in total. The molecule has 35 heavy (non-hydrogen) atoms. The molecule has 200 valence electrons. The van der Waals surface area contributed by atoms with Gasteiger partial charge in [0.1, 0.15) is 43.3 Å². The van der Waals surface area contributed by atoms with Crippen molar-refractivity contribution in [1.82, 2.24) is 9.55 Å². The molecule has 0 radical (unpaired) electrons. The van der Waals surface area contributed by atoms with E-state index in [1.54, 1.807) is 0 Å². The van der Waals surface area contributed by atoms with Crippen LogP contribution >= 0.6 is 15.6 Å². The maximum atomic E-state index is 12.6. The molecule has 2 aliphatic rings. The summed E-state index contributed by atoms with van der Waals surface area (Å²) < 4.78 is 60.0. The summed E-state index contributed by atoms with van der Waals surface area (Å²) in [4.78, 5) is 44.4. The van der Waals surface area contributed by atoms with Crippen LogP contribution in [0.15, 0.2) is 21.9 Å². The highest BCUT2D eigenvalue weighted by atomic mass is 31.3. The number of ether oxygens (including phenoxy) is 2. The van der Waals surface area contributed by atoms with Gasteiger partial charge < -0.3 is 44.8 Å². The minimum atomic E-state index is -5.69. The Balaban J connectivity index is 1.66. The van der Waals surface area contributed by atoms with E-state index < -0.39 is 89.0 Å². The summed E-state index contributed by atoms with van der Waals surface area (Å²) >= 11 is 0. The maximum absolute atomic E-state index is 12.6. The van der Waals surface area contributed by atoms with Crippen molar-refractivity contribution in [3.63, 3.8) is 0 Å². The van der Waals surface area contributed by atoms with Gasteiger partial charge in [0.25, 0.3) is 5.56 Å². The second-order valence-electron chi connectivity index (χ2n) is 7.30. The Morgan fingerprint density at radius 1 is 1.00 bits per heavy atom. The Morgan fingerprint density at radius 3 is 2.09 bits per heavy atom. The van der Waals surface area contributed by atoms with E-state index in [1.165, 1.54) is 0 Å². The van der Waals surface area contributed by atoms with Gasteiger partial charge >= 0.3 is 21.3 Å². The van der Waals surface area contributed by atoms with Crippen LogP contribution in [0.4, 0.5) is 4.39 Å². The number of hydrogen-bond donors (Lipinski definition) is 8. The third kappa shape index (κ3) is 6.30. The topological polar surface area (TPSA) is 277 Å². The van der Waals surface area contributed by atoms with Gasteiger partial charge in [0.15, 0.2) is 18.8 Å². The highest BCUT2D eigenvalue weighted by Gasteiger charge is 2.52. The first-order chi connectivity index (χ1) is 16.2. The van der Waals surface area contributed by atoms with Gasteiger partial charge in [0.2, 0.25) is 0 Å². The maximum Gasteiger partial charge on any atom is 0.483 e. The van der Waals surface area contributed by atoms with Gasteiger partial charge in [-0.25, -0.2) is 18.3 Å². The zero-order valence-electron chi connectivity index (χ0n) is 17.1. The lowest BCUT2D eigenvalue weighted by Crippen LogP contribution is -2.39. The fourth-order valence-corrected chi connectivity index (χ4v) is 5.39. The Morgan fingerprint density at radius 2 is 1.54 bits per heavy atom. The molecule has 0 amide bonds. The van der Waals surface area contributed by atoms with Gasteiger partial charge in [-0.05, 0) is 0 Å². The van der Waals surface area contributed by atoms with E-state index in [1.807, 2.05) is 4.98 Å². The molecule has 2 aliphatic heterocycles. The van der Waals surface area contributed by atoms with E-state index in [2.05, 4.69) is 13.4 Å². The fraction of sp³-hybridized carbons (Fsp3) is 0.714. The summed E-state index contributed by atoms with van der Waals surface area (Å²) in [6.45, 7) is -1.42. The van der Waals surface area contributed by atoms with Gasteiger partial charge in [-0.1, -0.05) is 0 Å². The average molecular weight is 554 g/mol. The molecule has 0 saturated carbocycles. The largest absolute Gasteiger partial charge is 0.483 e. The molecule has 0 spiro atoms. The number of aliphatic hydroxyl groups excluding tert-OH is 5. The third-order valence-electron chi connectivity index (χ3n) is 4.79. The molecule has 3 rings (SSSR count). The van der Waals surface area contributed by atoms with Crippen LogP contribution in [0.2, 0.25) is 0 Å². The van der Waals surface area contributed by atoms with Gasteiger partial charge in [0, 0.05) is 12.3 Å². The van der Waals surface area contributed by atoms with E-state index in [0.717, 1.165) is 12.3 Å². The monoisotopic (exact) mass is 554 g/mol. The van der Waals surface area contributed by atoms with Crippen molar-refractivity contribution in [2.45, 2.75) is 55.4 Å². The molecule has 0 aliphatic carbocycles. The summed E-state index contributed by atoms with van der Waals surface area (Å²) in [7, 11) is -11.4. The van der Waals surface area contributed by atoms with Crippen molar-refractivity contribution in [1.29, 1.82) is 0 Å².